The first kappa shape index (κ1) is 36.9. The number of nitriles is 2. The third-order valence-corrected chi connectivity index (χ3v) is 10.6. The number of piperazine rings is 2. The lowest BCUT2D eigenvalue weighted by atomic mass is 10.1. The molecule has 0 saturated carbocycles. The molecule has 2 aliphatic rings. The van der Waals surface area contributed by atoms with E-state index in [-0.39, 0.29) is 28.0 Å². The van der Waals surface area contributed by atoms with Crippen LogP contribution in [0.1, 0.15) is 30.5 Å². The van der Waals surface area contributed by atoms with E-state index in [1.54, 1.807) is 36.7 Å². The van der Waals surface area contributed by atoms with Crippen molar-refractivity contribution in [2.45, 2.75) is 0 Å². The van der Waals surface area contributed by atoms with Crippen LogP contribution in [0.25, 0.3) is 22.1 Å². The molecule has 2 fully saturated rings. The smallest absolute Gasteiger partial charge is 0.269 e. The molecule has 0 unspecified atom stereocenters. The first-order valence-corrected chi connectivity index (χ1v) is 18.5. The number of fused-ring (bicyclic) bond motifs is 2. The summed E-state index contributed by atoms with van der Waals surface area (Å²) in [5.41, 5.74) is 0.512. The maximum absolute atomic E-state index is 12.5. The number of hydrogen-bond donors (Lipinski definition) is 3. The van der Waals surface area contributed by atoms with Gasteiger partial charge in [-0.25, -0.2) is 9.97 Å². The van der Waals surface area contributed by atoms with Crippen molar-refractivity contribution in [1.29, 1.82) is 10.5 Å². The van der Waals surface area contributed by atoms with Gasteiger partial charge in [-0.2, -0.15) is 10.5 Å². The Bertz CT molecular complexity index is 2440. The Morgan fingerprint density at radius 3 is 1.74 bits per heavy atom. The average Bonchev–Trinajstić information content (AvgIpc) is 3.94. The third-order valence-electron chi connectivity index (χ3n) is 8.46. The van der Waals surface area contributed by atoms with Crippen molar-refractivity contribution >= 4 is 73.8 Å². The Morgan fingerprint density at radius 1 is 0.698 bits per heavy atom. The molecule has 3 N–H and O–H groups in total. The monoisotopic (exact) mass is 766 g/mol. The Hall–Kier alpha value is -5.91. The summed E-state index contributed by atoms with van der Waals surface area (Å²) < 4.78 is 0. The minimum atomic E-state index is -0.510. The number of aromatic nitrogens is 4. The highest BCUT2D eigenvalue weighted by molar-refractivity contribution is 7.12. The molecule has 6 aromatic heterocycles. The maximum Gasteiger partial charge on any atom is 0.269 e. The molecule has 2 aliphatic heterocycles. The number of carbonyl (C=O) groups excluding carboxylic acids is 2. The van der Waals surface area contributed by atoms with Gasteiger partial charge in [-0.05, 0) is 47.2 Å². The molecule has 14 nitrogen and oxygen atoms in total. The van der Waals surface area contributed by atoms with Crippen LogP contribution in [0.3, 0.4) is 0 Å². The Kier molecular flexibility index (Phi) is 11.9. The molecule has 2 saturated heterocycles. The number of carbonyl (C=O) groups is 2. The summed E-state index contributed by atoms with van der Waals surface area (Å²) in [6.07, 6.45) is 3.15. The molecule has 0 atom stereocenters. The van der Waals surface area contributed by atoms with E-state index in [0.29, 0.717) is 48.5 Å². The van der Waals surface area contributed by atoms with E-state index in [4.69, 9.17) is 16.9 Å². The van der Waals surface area contributed by atoms with Crippen LogP contribution in [-0.2, 0) is 0 Å². The van der Waals surface area contributed by atoms with Gasteiger partial charge in [0.2, 0.25) is 0 Å². The minimum Gasteiger partial charge on any atom is -0.366 e. The molecule has 0 radical (unpaired) electrons. The highest BCUT2D eigenvalue weighted by atomic mass is 35.5. The Morgan fingerprint density at radius 2 is 1.21 bits per heavy atom. The number of nitrogens with zero attached hydrogens (tertiary/aromatic N) is 7. The lowest BCUT2D eigenvalue weighted by molar-refractivity contribution is 0.0737. The SMILES string of the molecule is N#Cc1c(Cl)c2cccnc2[nH]c1=O.N#Cc1c(N2CCN(C(=O)c3cccs3)CC2)c2cccnc2[nH]c1=O.O=C(c1cccs1)N1CCNCC1. The number of anilines is 1. The highest BCUT2D eigenvalue weighted by Gasteiger charge is 2.26. The number of hydrogen-bond acceptors (Lipinski definition) is 12. The predicted molar refractivity (Wildman–Crippen MR) is 205 cm³/mol. The van der Waals surface area contributed by atoms with Crippen molar-refractivity contribution in [1.82, 2.24) is 35.1 Å². The first-order valence-electron chi connectivity index (χ1n) is 16.4. The zero-order valence-electron chi connectivity index (χ0n) is 28.0. The second-order valence-corrected chi connectivity index (χ2v) is 13.9. The van der Waals surface area contributed by atoms with Crippen molar-refractivity contribution in [3.8, 4) is 12.1 Å². The van der Waals surface area contributed by atoms with Crippen LogP contribution in [0.15, 0.2) is 81.3 Å². The number of H-pyrrole nitrogens is 2. The van der Waals surface area contributed by atoms with Crippen molar-refractivity contribution in [2.24, 2.45) is 0 Å². The lowest BCUT2D eigenvalue weighted by Crippen LogP contribution is -2.49. The molecule has 53 heavy (non-hydrogen) atoms. The van der Waals surface area contributed by atoms with Crippen LogP contribution in [0.2, 0.25) is 5.02 Å². The van der Waals surface area contributed by atoms with Gasteiger partial charge in [0.25, 0.3) is 22.9 Å². The first-order chi connectivity index (χ1) is 25.8. The number of aromatic amines is 2. The van der Waals surface area contributed by atoms with E-state index in [9.17, 15) is 24.4 Å². The van der Waals surface area contributed by atoms with Gasteiger partial charge >= 0.3 is 0 Å². The zero-order valence-corrected chi connectivity index (χ0v) is 30.4. The van der Waals surface area contributed by atoms with Gasteiger partial charge in [-0.1, -0.05) is 23.7 Å². The topological polar surface area (TPSA) is 195 Å². The summed E-state index contributed by atoms with van der Waals surface area (Å²) in [6.45, 7) is 5.67. The van der Waals surface area contributed by atoms with Crippen LogP contribution in [0.5, 0.6) is 0 Å². The summed E-state index contributed by atoms with van der Waals surface area (Å²) in [4.78, 5) is 68.3. The minimum absolute atomic E-state index is 0.0255. The summed E-state index contributed by atoms with van der Waals surface area (Å²) in [6, 6.07) is 18.3. The van der Waals surface area contributed by atoms with Crippen LogP contribution in [0.4, 0.5) is 5.69 Å². The maximum atomic E-state index is 12.5. The molecular formula is C36H31ClN10O4S2. The summed E-state index contributed by atoms with van der Waals surface area (Å²) in [5, 5.41) is 26.7. The largest absolute Gasteiger partial charge is 0.366 e. The van der Waals surface area contributed by atoms with Gasteiger partial charge < -0.3 is 30.0 Å². The molecular weight excluding hydrogens is 736 g/mol. The van der Waals surface area contributed by atoms with Gasteiger partial charge in [0.05, 0.1) is 20.5 Å². The summed E-state index contributed by atoms with van der Waals surface area (Å²) in [5.74, 6) is 0.203. The standard InChI is InChI=1S/C18H15N5O2S.C9H4ClN3O.C9H12N2OS/c19-11-13-15(12-3-1-5-20-16(12)21-17(13)24)22-6-8-23(9-7-22)18(25)14-4-2-10-26-14;10-7-5-2-1-3-12-8(5)13-9(14)6(7)4-11;12-9(8-2-1-7-13-8)11-5-3-10-4-6-11/h1-5,10H,6-9H2,(H,20,21,24);1-3H,(H,12,13,14);1-2,7,10H,3-6H2. The van der Waals surface area contributed by atoms with E-state index in [1.807, 2.05) is 61.9 Å². The molecule has 6 aromatic rings. The Balaban J connectivity index is 0.000000150. The molecule has 17 heteroatoms. The van der Waals surface area contributed by atoms with Gasteiger partial charge in [0.15, 0.2) is 0 Å². The molecule has 0 spiro atoms. The fourth-order valence-corrected chi connectivity index (χ4v) is 7.50. The number of amides is 2. The van der Waals surface area contributed by atoms with E-state index in [1.165, 1.54) is 22.7 Å². The van der Waals surface area contributed by atoms with Gasteiger partial charge in [0.1, 0.15) is 34.6 Å². The van der Waals surface area contributed by atoms with Crippen molar-refractivity contribution in [2.75, 3.05) is 57.3 Å². The fourth-order valence-electron chi connectivity index (χ4n) is 5.84. The van der Waals surface area contributed by atoms with Crippen LogP contribution in [-0.4, -0.2) is 93.9 Å². The normalized spacial score (nSPS) is 14.0. The molecule has 0 bridgehead atoms. The summed E-state index contributed by atoms with van der Waals surface area (Å²) in [7, 11) is 0. The highest BCUT2D eigenvalue weighted by Crippen LogP contribution is 2.28. The van der Waals surface area contributed by atoms with E-state index in [2.05, 4.69) is 25.3 Å². The number of halogens is 1. The molecule has 0 aliphatic carbocycles. The van der Waals surface area contributed by atoms with Crippen LogP contribution < -0.4 is 21.3 Å². The Labute approximate surface area is 315 Å². The fraction of sp³-hybridized carbons (Fsp3) is 0.222. The number of rotatable bonds is 3. The van der Waals surface area contributed by atoms with Crippen molar-refractivity contribution in [3.63, 3.8) is 0 Å². The second kappa shape index (κ2) is 17.1. The molecule has 0 aromatic carbocycles. The molecule has 8 rings (SSSR count). The lowest BCUT2D eigenvalue weighted by Gasteiger charge is -2.36. The zero-order chi connectivity index (χ0) is 37.3. The predicted octanol–water partition coefficient (Wildman–Crippen LogP) is 4.06. The molecule has 8 heterocycles. The van der Waals surface area contributed by atoms with E-state index < -0.39 is 11.1 Å². The average molecular weight is 767 g/mol. The van der Waals surface area contributed by atoms with Gasteiger partial charge in [-0.3, -0.25) is 19.2 Å². The summed E-state index contributed by atoms with van der Waals surface area (Å²) >= 11 is 8.81. The van der Waals surface area contributed by atoms with Crippen LogP contribution >= 0.6 is 34.3 Å². The van der Waals surface area contributed by atoms with Crippen molar-refractivity contribution < 1.29 is 9.59 Å². The number of thiophene rings is 2. The molecule has 2 amide bonds. The third kappa shape index (κ3) is 8.27. The van der Waals surface area contributed by atoms with Crippen molar-refractivity contribution in [3.05, 3.63) is 118 Å². The quantitative estimate of drug-likeness (QED) is 0.236. The van der Waals surface area contributed by atoms with Crippen LogP contribution in [0, 0.1) is 22.7 Å². The van der Waals surface area contributed by atoms with E-state index in [0.717, 1.165) is 41.3 Å². The molecule has 268 valence electrons. The second-order valence-electron chi connectivity index (χ2n) is 11.6. The number of nitrogens with one attached hydrogen (secondary N) is 3. The van der Waals surface area contributed by atoms with Gasteiger partial charge in [0, 0.05) is 75.5 Å². The number of pyridine rings is 4. The van der Waals surface area contributed by atoms with Gasteiger partial charge in [-0.15, -0.1) is 22.7 Å². The van der Waals surface area contributed by atoms with E-state index >= 15 is 0 Å².